The minimum absolute atomic E-state index is 0. The van der Waals surface area contributed by atoms with E-state index in [2.05, 4.69) is 166 Å². The standard InChI is InChI=1S/C23H23.C21H25.2ClH.Zr/c1-16-15-19-21(22(2,3)4)20(16)23(19,17-11-7-5-8-12-17)18-13-9-6-10-14-18;1-20(2,3)16-7-9-18-14(12-16)11-15-13-17(21(4,5)6)8-10-19(15)18;;;/h5-14,16H,1-4H3;7-13H,1-6H3;2*1H;/q;;;;+2/p-2. The Bertz CT molecular complexity index is 1770. The molecule has 0 heterocycles. The van der Waals surface area contributed by atoms with E-state index < -0.39 is 23.2 Å². The SMILES string of the molecule is CC1[C]([Zr+2][CH]2c3cc(C(C)(C)C)ccc3-c3ccc(C(C)(C)C)cc32)=C2C(C(C)(C)C)=C1C2(c1ccccc1)c1ccccc1.[Cl-].[Cl-]. The summed E-state index contributed by atoms with van der Waals surface area (Å²) in [4.78, 5) is 0. The van der Waals surface area contributed by atoms with Crippen molar-refractivity contribution in [3.05, 3.63) is 150 Å². The van der Waals surface area contributed by atoms with Gasteiger partial charge in [0.1, 0.15) is 0 Å². The molecule has 0 N–H and O–H groups in total. The Morgan fingerprint density at radius 3 is 1.36 bits per heavy atom. The minimum atomic E-state index is -1.16. The molecule has 4 aromatic carbocycles. The molecule has 0 saturated heterocycles. The smallest absolute Gasteiger partial charge is 1.00 e. The number of hydrogen-bond acceptors (Lipinski definition) is 0. The molecular weight excluding hydrogens is 691 g/mol. The molecule has 242 valence electrons. The number of allylic oxidation sites excluding steroid dienone is 4. The molecule has 0 aromatic heterocycles. The second kappa shape index (κ2) is 12.3. The van der Waals surface area contributed by atoms with E-state index in [1.54, 1.807) is 27.8 Å². The molecule has 0 fully saturated rings. The fourth-order valence-corrected chi connectivity index (χ4v) is 13.2. The van der Waals surface area contributed by atoms with Gasteiger partial charge in [-0.05, 0) is 0 Å². The fraction of sp³-hybridized carbons (Fsp3) is 0.364. The van der Waals surface area contributed by atoms with Gasteiger partial charge in [0.15, 0.2) is 0 Å². The Morgan fingerprint density at radius 1 is 0.553 bits per heavy atom. The summed E-state index contributed by atoms with van der Waals surface area (Å²) in [5.74, 6) is 0.477. The van der Waals surface area contributed by atoms with E-state index in [4.69, 9.17) is 0 Å². The Labute approximate surface area is 308 Å². The zero-order valence-electron chi connectivity index (χ0n) is 29.6. The van der Waals surface area contributed by atoms with Crippen LogP contribution in [-0.2, 0) is 39.5 Å². The fourth-order valence-electron chi connectivity index (χ4n) is 8.44. The zero-order chi connectivity index (χ0) is 32.1. The first kappa shape index (κ1) is 36.1. The van der Waals surface area contributed by atoms with Gasteiger partial charge >= 0.3 is 285 Å². The summed E-state index contributed by atoms with van der Waals surface area (Å²) in [6.07, 6.45) is 0. The van der Waals surface area contributed by atoms with Crippen molar-refractivity contribution in [3.8, 4) is 11.1 Å². The summed E-state index contributed by atoms with van der Waals surface area (Å²) in [5, 5.41) is 0. The van der Waals surface area contributed by atoms with Crippen molar-refractivity contribution in [1.29, 1.82) is 0 Å². The van der Waals surface area contributed by atoms with E-state index >= 15 is 0 Å². The van der Waals surface area contributed by atoms with Gasteiger partial charge in [-0.25, -0.2) is 0 Å². The third-order valence-corrected chi connectivity index (χ3v) is 15.3. The van der Waals surface area contributed by atoms with Gasteiger partial charge in [-0.15, -0.1) is 0 Å². The maximum absolute atomic E-state index is 2.59. The van der Waals surface area contributed by atoms with Crippen molar-refractivity contribution in [3.63, 3.8) is 0 Å². The van der Waals surface area contributed by atoms with E-state index in [0.717, 1.165) is 0 Å². The summed E-state index contributed by atoms with van der Waals surface area (Å²) in [5.41, 5.74) is 17.1. The van der Waals surface area contributed by atoms with Crippen LogP contribution in [0, 0.1) is 11.3 Å². The van der Waals surface area contributed by atoms with Crippen LogP contribution in [-0.4, -0.2) is 0 Å². The Hall–Kier alpha value is -2.18. The van der Waals surface area contributed by atoms with Crippen molar-refractivity contribution < 1.29 is 48.0 Å². The quantitative estimate of drug-likeness (QED) is 0.253. The molecule has 1 unspecified atom stereocenters. The first-order chi connectivity index (χ1) is 21.1. The van der Waals surface area contributed by atoms with Crippen LogP contribution >= 0.6 is 0 Å². The second-order valence-corrected chi connectivity index (χ2v) is 20.2. The van der Waals surface area contributed by atoms with Crippen molar-refractivity contribution in [2.45, 2.75) is 89.1 Å². The van der Waals surface area contributed by atoms with Gasteiger partial charge in [0.05, 0.1) is 0 Å². The predicted octanol–water partition coefficient (Wildman–Crippen LogP) is 5.69. The van der Waals surface area contributed by atoms with E-state index in [9.17, 15) is 0 Å². The Balaban J connectivity index is 0.00000217. The van der Waals surface area contributed by atoms with Crippen molar-refractivity contribution in [1.82, 2.24) is 0 Å². The molecule has 0 nitrogen and oxygen atoms in total. The van der Waals surface area contributed by atoms with Gasteiger partial charge in [-0.2, -0.15) is 0 Å². The summed E-state index contributed by atoms with van der Waals surface area (Å²) < 4.78 is 2.33. The molecule has 47 heavy (non-hydrogen) atoms. The molecular formula is C44H48Cl2Zr. The molecule has 0 radical (unpaired) electrons. The topological polar surface area (TPSA) is 0 Å². The molecule has 3 heteroatoms. The monoisotopic (exact) mass is 736 g/mol. The van der Waals surface area contributed by atoms with Crippen molar-refractivity contribution >= 4 is 0 Å². The number of rotatable bonds is 4. The molecule has 0 aliphatic heterocycles. The maximum atomic E-state index is 2.59. The largest absolute Gasteiger partial charge is 1.00 e. The van der Waals surface area contributed by atoms with Gasteiger partial charge in [0.2, 0.25) is 0 Å². The van der Waals surface area contributed by atoms with Crippen LogP contribution in [0.3, 0.4) is 0 Å². The molecule has 4 aliphatic carbocycles. The zero-order valence-corrected chi connectivity index (χ0v) is 33.6. The first-order valence-corrected chi connectivity index (χ1v) is 19.5. The molecule has 4 aliphatic rings. The van der Waals surface area contributed by atoms with Crippen molar-refractivity contribution in [2.24, 2.45) is 11.3 Å². The van der Waals surface area contributed by atoms with Crippen LogP contribution in [0.5, 0.6) is 0 Å². The molecule has 0 amide bonds. The maximum Gasteiger partial charge on any atom is -1.00 e. The van der Waals surface area contributed by atoms with Crippen LogP contribution < -0.4 is 24.8 Å². The van der Waals surface area contributed by atoms with Crippen LogP contribution in [0.2, 0.25) is 0 Å². The molecule has 8 rings (SSSR count). The molecule has 0 saturated carbocycles. The summed E-state index contributed by atoms with van der Waals surface area (Å²) >= 11 is -1.16. The van der Waals surface area contributed by atoms with Gasteiger partial charge < -0.3 is 24.8 Å². The number of hydrogen-bond donors (Lipinski definition) is 0. The Morgan fingerprint density at radius 2 is 0.979 bits per heavy atom. The van der Waals surface area contributed by atoms with E-state index in [0.29, 0.717) is 9.54 Å². The summed E-state index contributed by atoms with van der Waals surface area (Å²) in [6.45, 7) is 24.0. The van der Waals surface area contributed by atoms with Crippen LogP contribution in [0.25, 0.3) is 11.1 Å². The summed E-state index contributed by atoms with van der Waals surface area (Å²) in [7, 11) is 0. The van der Waals surface area contributed by atoms with Crippen LogP contribution in [0.1, 0.15) is 106 Å². The van der Waals surface area contributed by atoms with E-state index in [-0.39, 0.29) is 46.5 Å². The van der Waals surface area contributed by atoms with Gasteiger partial charge in [-0.1, -0.05) is 0 Å². The van der Waals surface area contributed by atoms with Crippen molar-refractivity contribution in [2.75, 3.05) is 0 Å². The number of benzene rings is 4. The average molecular weight is 739 g/mol. The normalized spacial score (nSPS) is 18.1. The van der Waals surface area contributed by atoms with Crippen LogP contribution in [0.15, 0.2) is 117 Å². The molecule has 2 bridgehead atoms. The summed E-state index contributed by atoms with van der Waals surface area (Å²) in [6, 6.07) is 37.7. The van der Waals surface area contributed by atoms with Gasteiger partial charge in [0.25, 0.3) is 0 Å². The number of halogens is 2. The van der Waals surface area contributed by atoms with Gasteiger partial charge in [0, 0.05) is 0 Å². The minimum Gasteiger partial charge on any atom is -1.00 e. The third-order valence-electron chi connectivity index (χ3n) is 10.6. The van der Waals surface area contributed by atoms with Crippen LogP contribution in [0.4, 0.5) is 0 Å². The van der Waals surface area contributed by atoms with E-state index in [1.165, 1.54) is 33.4 Å². The molecule has 0 spiro atoms. The third kappa shape index (κ3) is 5.52. The number of fused-ring (bicyclic) bond motifs is 4. The Kier molecular flexibility index (Phi) is 9.45. The first-order valence-electron chi connectivity index (χ1n) is 16.8. The second-order valence-electron chi connectivity index (χ2n) is 16.7. The average Bonchev–Trinajstić information content (AvgIpc) is 3.54. The molecule has 4 aromatic rings. The van der Waals surface area contributed by atoms with Gasteiger partial charge in [-0.3, -0.25) is 0 Å². The predicted molar refractivity (Wildman–Crippen MR) is 187 cm³/mol. The molecule has 1 atom stereocenters. The van der Waals surface area contributed by atoms with E-state index in [1.807, 2.05) is 3.28 Å².